The highest BCUT2D eigenvalue weighted by molar-refractivity contribution is 5.78. The lowest BCUT2D eigenvalue weighted by Crippen LogP contribution is -2.42. The van der Waals surface area contributed by atoms with Crippen LogP contribution in [-0.2, 0) is 9.59 Å². The van der Waals surface area contributed by atoms with Gasteiger partial charge in [-0.25, -0.2) is 0 Å². The molecule has 4 heteroatoms. The van der Waals surface area contributed by atoms with Gasteiger partial charge in [0.2, 0.25) is 5.91 Å². The van der Waals surface area contributed by atoms with Crippen LogP contribution in [0.4, 0.5) is 0 Å². The lowest BCUT2D eigenvalue weighted by atomic mass is 9.75. The minimum atomic E-state index is -0.850. The van der Waals surface area contributed by atoms with Crippen LogP contribution >= 0.6 is 0 Å². The van der Waals surface area contributed by atoms with Crippen molar-refractivity contribution in [1.29, 1.82) is 0 Å². The number of nitrogens with one attached hydrogen (secondary N) is 1. The van der Waals surface area contributed by atoms with Crippen LogP contribution in [0.25, 0.3) is 0 Å². The number of amides is 1. The average Bonchev–Trinajstić information content (AvgIpc) is 2.11. The molecule has 0 saturated heterocycles. The molecule has 1 aliphatic rings. The fourth-order valence-electron chi connectivity index (χ4n) is 3.01. The van der Waals surface area contributed by atoms with E-state index in [1.807, 2.05) is 13.8 Å². The first-order valence-electron chi connectivity index (χ1n) is 7.11. The molecule has 1 rings (SSSR count). The molecule has 1 fully saturated rings. The maximum atomic E-state index is 12.0. The molecule has 0 aromatic heterocycles. The molecular weight excluding hydrogens is 242 g/mol. The van der Waals surface area contributed by atoms with Gasteiger partial charge in [-0.2, -0.15) is 0 Å². The zero-order valence-corrected chi connectivity index (χ0v) is 12.6. The first kappa shape index (κ1) is 16.0. The van der Waals surface area contributed by atoms with Gasteiger partial charge in [-0.1, -0.05) is 34.1 Å². The van der Waals surface area contributed by atoms with E-state index in [4.69, 9.17) is 5.11 Å². The Bertz CT molecular complexity index is 347. The van der Waals surface area contributed by atoms with Crippen LogP contribution in [0.1, 0.15) is 66.2 Å². The van der Waals surface area contributed by atoms with Crippen molar-refractivity contribution in [2.45, 2.75) is 72.3 Å². The van der Waals surface area contributed by atoms with Crippen LogP contribution in [0.3, 0.4) is 0 Å². The van der Waals surface area contributed by atoms with Crippen molar-refractivity contribution in [2.24, 2.45) is 10.8 Å². The third-order valence-electron chi connectivity index (χ3n) is 3.84. The molecular formula is C15H27NO3. The first-order valence-corrected chi connectivity index (χ1v) is 7.11. The van der Waals surface area contributed by atoms with Gasteiger partial charge in [0, 0.05) is 12.5 Å². The predicted molar refractivity (Wildman–Crippen MR) is 74.8 cm³/mol. The maximum absolute atomic E-state index is 12.0. The average molecular weight is 269 g/mol. The highest BCUT2D eigenvalue weighted by atomic mass is 16.4. The SMILES string of the molecule is CC(C)(CC(=O)O)CC(=O)NC1CCCC(C)(C)C1. The van der Waals surface area contributed by atoms with Crippen LogP contribution in [0.15, 0.2) is 0 Å². The zero-order chi connectivity index (χ0) is 14.7. The molecule has 0 spiro atoms. The van der Waals surface area contributed by atoms with Crippen molar-refractivity contribution in [3.8, 4) is 0 Å². The summed E-state index contributed by atoms with van der Waals surface area (Å²) in [6.07, 6.45) is 4.71. The number of carboxylic acids is 1. The molecule has 0 radical (unpaired) electrons. The monoisotopic (exact) mass is 269 g/mol. The van der Waals surface area contributed by atoms with E-state index < -0.39 is 11.4 Å². The molecule has 4 nitrogen and oxygen atoms in total. The molecule has 0 aromatic rings. The Morgan fingerprint density at radius 2 is 1.95 bits per heavy atom. The van der Waals surface area contributed by atoms with Crippen molar-refractivity contribution in [2.75, 3.05) is 0 Å². The van der Waals surface area contributed by atoms with Crippen molar-refractivity contribution in [3.63, 3.8) is 0 Å². The molecule has 19 heavy (non-hydrogen) atoms. The van der Waals surface area contributed by atoms with Gasteiger partial charge in [0.15, 0.2) is 0 Å². The Labute approximate surface area is 116 Å². The van der Waals surface area contributed by atoms with Crippen molar-refractivity contribution < 1.29 is 14.7 Å². The van der Waals surface area contributed by atoms with Crippen LogP contribution in [0, 0.1) is 10.8 Å². The summed E-state index contributed by atoms with van der Waals surface area (Å²) in [5.74, 6) is -0.870. The fourth-order valence-corrected chi connectivity index (χ4v) is 3.01. The molecule has 1 saturated carbocycles. The van der Waals surface area contributed by atoms with Gasteiger partial charge in [-0.15, -0.1) is 0 Å². The third-order valence-corrected chi connectivity index (χ3v) is 3.84. The summed E-state index contributed by atoms with van der Waals surface area (Å²) < 4.78 is 0. The summed E-state index contributed by atoms with van der Waals surface area (Å²) in [5.41, 5.74) is -0.188. The second-order valence-corrected chi connectivity index (χ2v) is 7.44. The normalized spacial score (nSPS) is 22.8. The minimum Gasteiger partial charge on any atom is -0.481 e. The molecule has 1 amide bonds. The second kappa shape index (κ2) is 5.93. The number of hydrogen-bond donors (Lipinski definition) is 2. The number of carbonyl (C=O) groups excluding carboxylic acids is 1. The summed E-state index contributed by atoms with van der Waals surface area (Å²) in [4.78, 5) is 22.8. The molecule has 1 unspecified atom stereocenters. The lowest BCUT2D eigenvalue weighted by Gasteiger charge is -2.36. The predicted octanol–water partition coefficient (Wildman–Crippen LogP) is 2.96. The minimum absolute atomic E-state index is 0.0195. The maximum Gasteiger partial charge on any atom is 0.303 e. The Kier molecular flexibility index (Phi) is 4.99. The van der Waals surface area contributed by atoms with E-state index in [1.165, 1.54) is 6.42 Å². The number of rotatable bonds is 5. The molecule has 1 atom stereocenters. The standard InChI is InChI=1S/C15H27NO3/c1-14(2)7-5-6-11(8-14)16-12(17)9-15(3,4)10-13(18)19/h11H,5-10H2,1-4H3,(H,16,17)(H,18,19). The van der Waals surface area contributed by atoms with Gasteiger partial charge < -0.3 is 10.4 Å². The van der Waals surface area contributed by atoms with Crippen LogP contribution in [0.2, 0.25) is 0 Å². The van der Waals surface area contributed by atoms with E-state index in [-0.39, 0.29) is 24.8 Å². The zero-order valence-electron chi connectivity index (χ0n) is 12.6. The Morgan fingerprint density at radius 1 is 1.32 bits per heavy atom. The van der Waals surface area contributed by atoms with Crippen LogP contribution < -0.4 is 5.32 Å². The van der Waals surface area contributed by atoms with Gasteiger partial charge in [-0.05, 0) is 30.1 Å². The number of carbonyl (C=O) groups is 2. The highest BCUT2D eigenvalue weighted by Crippen LogP contribution is 2.35. The summed E-state index contributed by atoms with van der Waals surface area (Å²) in [6.45, 7) is 8.12. The number of aliphatic carboxylic acids is 1. The third kappa shape index (κ3) is 6.08. The molecule has 110 valence electrons. The molecule has 0 aromatic carbocycles. The fraction of sp³-hybridized carbons (Fsp3) is 0.867. The van der Waals surface area contributed by atoms with E-state index in [1.54, 1.807) is 0 Å². The Hall–Kier alpha value is -1.06. The number of hydrogen-bond acceptors (Lipinski definition) is 2. The van der Waals surface area contributed by atoms with Crippen molar-refractivity contribution in [1.82, 2.24) is 5.32 Å². The molecule has 0 heterocycles. The first-order chi connectivity index (χ1) is 8.60. The largest absolute Gasteiger partial charge is 0.481 e. The summed E-state index contributed by atoms with van der Waals surface area (Å²) in [5, 5.41) is 11.9. The summed E-state index contributed by atoms with van der Waals surface area (Å²) >= 11 is 0. The van der Waals surface area contributed by atoms with Crippen molar-refractivity contribution >= 4 is 11.9 Å². The second-order valence-electron chi connectivity index (χ2n) is 7.44. The van der Waals surface area contributed by atoms with Crippen LogP contribution in [0.5, 0.6) is 0 Å². The van der Waals surface area contributed by atoms with E-state index >= 15 is 0 Å². The van der Waals surface area contributed by atoms with Crippen molar-refractivity contribution in [3.05, 3.63) is 0 Å². The van der Waals surface area contributed by atoms with Gasteiger partial charge >= 0.3 is 5.97 Å². The van der Waals surface area contributed by atoms with Gasteiger partial charge in [-0.3, -0.25) is 9.59 Å². The van der Waals surface area contributed by atoms with Gasteiger partial charge in [0.05, 0.1) is 6.42 Å². The molecule has 1 aliphatic carbocycles. The van der Waals surface area contributed by atoms with E-state index in [2.05, 4.69) is 19.2 Å². The lowest BCUT2D eigenvalue weighted by molar-refractivity contribution is -0.139. The molecule has 0 aliphatic heterocycles. The Balaban J connectivity index is 2.45. The summed E-state index contributed by atoms with van der Waals surface area (Å²) in [7, 11) is 0. The van der Waals surface area contributed by atoms with E-state index in [0.29, 0.717) is 5.41 Å². The quantitative estimate of drug-likeness (QED) is 0.806. The smallest absolute Gasteiger partial charge is 0.303 e. The highest BCUT2D eigenvalue weighted by Gasteiger charge is 2.30. The van der Waals surface area contributed by atoms with Gasteiger partial charge in [0.1, 0.15) is 0 Å². The summed E-state index contributed by atoms with van der Waals surface area (Å²) in [6, 6.07) is 0.247. The van der Waals surface area contributed by atoms with E-state index in [9.17, 15) is 9.59 Å². The van der Waals surface area contributed by atoms with E-state index in [0.717, 1.165) is 19.3 Å². The number of carboxylic acid groups (broad SMARTS) is 1. The Morgan fingerprint density at radius 3 is 2.47 bits per heavy atom. The topological polar surface area (TPSA) is 66.4 Å². The molecule has 0 bridgehead atoms. The molecule has 2 N–H and O–H groups in total. The van der Waals surface area contributed by atoms with Crippen LogP contribution in [-0.4, -0.2) is 23.0 Å². The van der Waals surface area contributed by atoms with Gasteiger partial charge in [0.25, 0.3) is 0 Å².